The maximum atomic E-state index is 11.0. The third kappa shape index (κ3) is 3.62. The number of primary amides is 1. The van der Waals surface area contributed by atoms with Crippen LogP contribution >= 0.6 is 0 Å². The zero-order valence-electron chi connectivity index (χ0n) is 9.86. The lowest BCUT2D eigenvalue weighted by molar-refractivity contribution is -0.118. The van der Waals surface area contributed by atoms with Crippen molar-refractivity contribution in [1.82, 2.24) is 10.3 Å². The van der Waals surface area contributed by atoms with Crippen LogP contribution in [0.25, 0.3) is 0 Å². The van der Waals surface area contributed by atoms with Gasteiger partial charge in [0.25, 0.3) is 0 Å². The van der Waals surface area contributed by atoms with Crippen molar-refractivity contribution >= 4 is 5.91 Å². The second-order valence-corrected chi connectivity index (χ2v) is 3.91. The standard InChI is InChI=1S/C12H19N3O/c1-3-5-15-11(7-12(13)16)10-8-14-6-4-9(10)2/h4,6,8,11,15H,3,5,7H2,1-2H3,(H2,13,16). The molecule has 1 unspecified atom stereocenters. The van der Waals surface area contributed by atoms with Crippen LogP contribution in [0, 0.1) is 6.92 Å². The number of carbonyl (C=O) groups is 1. The molecule has 1 rings (SSSR count). The van der Waals surface area contributed by atoms with E-state index in [-0.39, 0.29) is 11.9 Å². The number of nitrogens with two attached hydrogens (primary N) is 1. The lowest BCUT2D eigenvalue weighted by Gasteiger charge is -2.18. The third-order valence-electron chi connectivity index (χ3n) is 2.50. The fraction of sp³-hybridized carbons (Fsp3) is 0.500. The van der Waals surface area contributed by atoms with Gasteiger partial charge in [-0.25, -0.2) is 0 Å². The molecule has 4 heteroatoms. The number of aryl methyl sites for hydroxylation is 1. The van der Waals surface area contributed by atoms with E-state index in [4.69, 9.17) is 5.73 Å². The molecule has 0 aromatic carbocycles. The van der Waals surface area contributed by atoms with Crippen LogP contribution in [0.1, 0.15) is 36.9 Å². The number of pyridine rings is 1. The number of nitrogens with one attached hydrogen (secondary N) is 1. The Morgan fingerprint density at radius 1 is 1.62 bits per heavy atom. The molecule has 16 heavy (non-hydrogen) atoms. The highest BCUT2D eigenvalue weighted by Crippen LogP contribution is 2.19. The number of carbonyl (C=O) groups excluding carboxylic acids is 1. The lowest BCUT2D eigenvalue weighted by atomic mass is 10.0. The van der Waals surface area contributed by atoms with E-state index in [9.17, 15) is 4.79 Å². The van der Waals surface area contributed by atoms with E-state index in [1.807, 2.05) is 13.0 Å². The fourth-order valence-corrected chi connectivity index (χ4v) is 1.65. The summed E-state index contributed by atoms with van der Waals surface area (Å²) < 4.78 is 0. The molecule has 0 aliphatic carbocycles. The molecule has 88 valence electrons. The highest BCUT2D eigenvalue weighted by atomic mass is 16.1. The molecule has 0 saturated heterocycles. The Kier molecular flexibility index (Phi) is 4.92. The van der Waals surface area contributed by atoms with Gasteiger partial charge in [0.05, 0.1) is 0 Å². The average molecular weight is 221 g/mol. The zero-order valence-corrected chi connectivity index (χ0v) is 9.86. The fourth-order valence-electron chi connectivity index (χ4n) is 1.65. The highest BCUT2D eigenvalue weighted by Gasteiger charge is 2.15. The highest BCUT2D eigenvalue weighted by molar-refractivity contribution is 5.74. The quantitative estimate of drug-likeness (QED) is 0.761. The molecule has 1 aromatic heterocycles. The molecule has 1 amide bonds. The van der Waals surface area contributed by atoms with Crippen molar-refractivity contribution in [2.45, 2.75) is 32.7 Å². The summed E-state index contributed by atoms with van der Waals surface area (Å²) in [6.45, 7) is 4.97. The van der Waals surface area contributed by atoms with Crippen molar-refractivity contribution in [2.24, 2.45) is 5.73 Å². The topological polar surface area (TPSA) is 68.0 Å². The van der Waals surface area contributed by atoms with E-state index >= 15 is 0 Å². The lowest BCUT2D eigenvalue weighted by Crippen LogP contribution is -2.28. The van der Waals surface area contributed by atoms with Crippen LogP contribution in [-0.4, -0.2) is 17.4 Å². The Labute approximate surface area is 96.3 Å². The van der Waals surface area contributed by atoms with Crippen molar-refractivity contribution < 1.29 is 4.79 Å². The average Bonchev–Trinajstić information content (AvgIpc) is 2.24. The maximum Gasteiger partial charge on any atom is 0.219 e. The predicted molar refractivity (Wildman–Crippen MR) is 63.8 cm³/mol. The molecule has 1 heterocycles. The first-order valence-corrected chi connectivity index (χ1v) is 5.57. The van der Waals surface area contributed by atoms with Gasteiger partial charge in [-0.05, 0) is 37.1 Å². The van der Waals surface area contributed by atoms with E-state index in [2.05, 4.69) is 17.2 Å². The first kappa shape index (κ1) is 12.6. The summed E-state index contributed by atoms with van der Waals surface area (Å²) in [5.74, 6) is -0.295. The first-order chi connectivity index (χ1) is 7.65. The van der Waals surface area contributed by atoms with Crippen LogP contribution < -0.4 is 11.1 Å². The number of amides is 1. The third-order valence-corrected chi connectivity index (χ3v) is 2.50. The van der Waals surface area contributed by atoms with Crippen molar-refractivity contribution in [2.75, 3.05) is 6.54 Å². The molecule has 3 N–H and O–H groups in total. The minimum atomic E-state index is -0.295. The molecule has 4 nitrogen and oxygen atoms in total. The molecule has 0 saturated carbocycles. The second-order valence-electron chi connectivity index (χ2n) is 3.91. The van der Waals surface area contributed by atoms with Crippen LogP contribution in [0.5, 0.6) is 0 Å². The van der Waals surface area contributed by atoms with Gasteiger partial charge in [0, 0.05) is 24.9 Å². The van der Waals surface area contributed by atoms with Gasteiger partial charge >= 0.3 is 0 Å². The summed E-state index contributed by atoms with van der Waals surface area (Å²) in [7, 11) is 0. The largest absolute Gasteiger partial charge is 0.370 e. The number of aromatic nitrogens is 1. The normalized spacial score (nSPS) is 12.4. The number of rotatable bonds is 6. The van der Waals surface area contributed by atoms with Crippen molar-refractivity contribution in [3.63, 3.8) is 0 Å². The van der Waals surface area contributed by atoms with Gasteiger partial charge in [0.1, 0.15) is 0 Å². The maximum absolute atomic E-state index is 11.0. The summed E-state index contributed by atoms with van der Waals surface area (Å²) in [5.41, 5.74) is 7.43. The van der Waals surface area contributed by atoms with E-state index < -0.39 is 0 Å². The van der Waals surface area contributed by atoms with Gasteiger partial charge in [-0.1, -0.05) is 6.92 Å². The van der Waals surface area contributed by atoms with Gasteiger partial charge in [-0.15, -0.1) is 0 Å². The van der Waals surface area contributed by atoms with E-state index in [1.165, 1.54) is 0 Å². The summed E-state index contributed by atoms with van der Waals surface area (Å²) in [5, 5.41) is 3.32. The molecule has 0 aliphatic heterocycles. The second kappa shape index (κ2) is 6.23. The van der Waals surface area contributed by atoms with Gasteiger partial charge in [0.15, 0.2) is 0 Å². The van der Waals surface area contributed by atoms with E-state index in [0.717, 1.165) is 24.1 Å². The molecule has 0 bridgehead atoms. The first-order valence-electron chi connectivity index (χ1n) is 5.57. The number of hydrogen-bond donors (Lipinski definition) is 2. The van der Waals surface area contributed by atoms with Crippen LogP contribution in [0.2, 0.25) is 0 Å². The molecule has 0 spiro atoms. The molecule has 1 atom stereocenters. The summed E-state index contributed by atoms with van der Waals surface area (Å²) >= 11 is 0. The molecule has 0 radical (unpaired) electrons. The van der Waals surface area contributed by atoms with Crippen molar-refractivity contribution in [3.8, 4) is 0 Å². The smallest absolute Gasteiger partial charge is 0.219 e. The van der Waals surface area contributed by atoms with Gasteiger partial charge in [-0.2, -0.15) is 0 Å². The summed E-state index contributed by atoms with van der Waals surface area (Å²) in [6.07, 6.45) is 4.88. The Morgan fingerprint density at radius 2 is 2.38 bits per heavy atom. The summed E-state index contributed by atoms with van der Waals surface area (Å²) in [4.78, 5) is 15.1. The van der Waals surface area contributed by atoms with Gasteiger partial charge < -0.3 is 11.1 Å². The van der Waals surface area contributed by atoms with Crippen molar-refractivity contribution in [3.05, 3.63) is 29.6 Å². The zero-order chi connectivity index (χ0) is 12.0. The Morgan fingerprint density at radius 3 is 2.94 bits per heavy atom. The van der Waals surface area contributed by atoms with E-state index in [1.54, 1.807) is 12.4 Å². The number of hydrogen-bond acceptors (Lipinski definition) is 3. The molecular weight excluding hydrogens is 202 g/mol. The minimum absolute atomic E-state index is 0.0221. The predicted octanol–water partition coefficient (Wildman–Crippen LogP) is 1.31. The van der Waals surface area contributed by atoms with Crippen LogP contribution in [0.3, 0.4) is 0 Å². The monoisotopic (exact) mass is 221 g/mol. The van der Waals surface area contributed by atoms with Gasteiger partial charge in [0.2, 0.25) is 5.91 Å². The SMILES string of the molecule is CCCNC(CC(N)=O)c1cnccc1C. The van der Waals surface area contributed by atoms with Crippen LogP contribution in [0.4, 0.5) is 0 Å². The van der Waals surface area contributed by atoms with Crippen molar-refractivity contribution in [1.29, 1.82) is 0 Å². The summed E-state index contributed by atoms with van der Waals surface area (Å²) in [6, 6.07) is 1.92. The van der Waals surface area contributed by atoms with Crippen LogP contribution in [0.15, 0.2) is 18.5 Å². The Hall–Kier alpha value is -1.42. The van der Waals surface area contributed by atoms with Crippen LogP contribution in [-0.2, 0) is 4.79 Å². The molecule has 1 aromatic rings. The molecular formula is C12H19N3O. The molecule has 0 fully saturated rings. The Bertz CT molecular complexity index is 352. The Balaban J connectivity index is 2.82. The molecule has 0 aliphatic rings. The van der Waals surface area contributed by atoms with E-state index in [0.29, 0.717) is 6.42 Å². The minimum Gasteiger partial charge on any atom is -0.370 e. The van der Waals surface area contributed by atoms with Gasteiger partial charge in [-0.3, -0.25) is 9.78 Å². The number of nitrogens with zero attached hydrogens (tertiary/aromatic N) is 1.